The Morgan fingerprint density at radius 1 is 1.41 bits per heavy atom. The Kier molecular flexibility index (Phi) is 2.26. The van der Waals surface area contributed by atoms with Crippen LogP contribution < -0.4 is 5.73 Å². The Bertz CT molecular complexity index is 643. The third kappa shape index (κ3) is 2.51. The molecule has 0 spiro atoms. The minimum atomic E-state index is -2.61. The Hall–Kier alpha value is -1.73. The van der Waals surface area contributed by atoms with E-state index in [4.69, 9.17) is 21.4 Å². The minimum Gasteiger partial charge on any atom is -0.396 e. The Morgan fingerprint density at radius 3 is 2.88 bits per heavy atom. The lowest BCUT2D eigenvalue weighted by molar-refractivity contribution is 0.140. The molecule has 0 unspecified atom stereocenters. The molecule has 0 fully saturated rings. The number of nitrogens with two attached hydrogens (primary N) is 1. The lowest BCUT2D eigenvalue weighted by Gasteiger charge is -2.10. The fourth-order valence-corrected chi connectivity index (χ4v) is 1.21. The van der Waals surface area contributed by atoms with E-state index in [-0.39, 0.29) is 17.1 Å². The SMILES string of the molecule is [2H]C([2H])(C(CO)CO)C([2H])([2H])n1cnc2cnc(N)nc21. The number of rotatable bonds is 5. The van der Waals surface area contributed by atoms with Gasteiger partial charge >= 0.3 is 0 Å². The number of aryl methyl sites for hydroxylation is 1. The summed E-state index contributed by atoms with van der Waals surface area (Å²) in [5.41, 5.74) is 5.75. The molecule has 4 N–H and O–H groups in total. The third-order valence-corrected chi connectivity index (χ3v) is 2.14. The van der Waals surface area contributed by atoms with Crippen LogP contribution in [0.3, 0.4) is 0 Å². The number of aliphatic hydroxyl groups is 2. The maximum atomic E-state index is 9.14. The molecule has 7 heteroatoms. The Morgan fingerprint density at radius 2 is 2.18 bits per heavy atom. The van der Waals surface area contributed by atoms with Gasteiger partial charge in [-0.15, -0.1) is 0 Å². The van der Waals surface area contributed by atoms with Crippen LogP contribution in [0.4, 0.5) is 5.95 Å². The van der Waals surface area contributed by atoms with Crippen molar-refractivity contribution < 1.29 is 15.7 Å². The van der Waals surface area contributed by atoms with E-state index in [1.165, 1.54) is 6.20 Å². The number of fused-ring (bicyclic) bond motifs is 1. The standard InChI is InChI=1S/C10H15N5O2/c11-10-12-3-8-9(14-10)15(6-13-8)2-1-7(4-16)5-17/h3,6-7,16-17H,1-2,4-5H2,(H2,11,12,14)/i1D2,2D2. The fourth-order valence-electron chi connectivity index (χ4n) is 1.21. The van der Waals surface area contributed by atoms with Gasteiger partial charge in [0.1, 0.15) is 5.52 Å². The first-order valence-corrected chi connectivity index (χ1v) is 4.93. The summed E-state index contributed by atoms with van der Waals surface area (Å²) in [5, 5.41) is 18.3. The molecule has 0 bridgehead atoms. The molecule has 2 rings (SSSR count). The molecule has 0 radical (unpaired) electrons. The molecule has 0 aromatic carbocycles. The van der Waals surface area contributed by atoms with E-state index in [9.17, 15) is 0 Å². The van der Waals surface area contributed by atoms with E-state index in [2.05, 4.69) is 15.0 Å². The maximum Gasteiger partial charge on any atom is 0.222 e. The summed E-state index contributed by atoms with van der Waals surface area (Å²) >= 11 is 0. The molecule has 2 heterocycles. The number of imidazole rings is 1. The van der Waals surface area contributed by atoms with E-state index >= 15 is 0 Å². The summed E-state index contributed by atoms with van der Waals surface area (Å²) in [6.45, 7) is -4.02. The average Bonchev–Trinajstić information content (AvgIpc) is 2.82. The van der Waals surface area contributed by atoms with Crippen LogP contribution in [0.15, 0.2) is 12.5 Å². The van der Waals surface area contributed by atoms with Crippen molar-refractivity contribution in [2.45, 2.75) is 12.9 Å². The molecular formula is C10H15N5O2. The van der Waals surface area contributed by atoms with Gasteiger partial charge in [0.05, 0.1) is 12.5 Å². The highest BCUT2D eigenvalue weighted by atomic mass is 16.3. The Balaban J connectivity index is 2.57. The number of aliphatic hydroxyl groups excluding tert-OH is 2. The van der Waals surface area contributed by atoms with Crippen LogP contribution in [0.1, 0.15) is 11.9 Å². The molecule has 17 heavy (non-hydrogen) atoms. The minimum absolute atomic E-state index is 0.0333. The van der Waals surface area contributed by atoms with Gasteiger partial charge in [-0.2, -0.15) is 4.98 Å². The Labute approximate surface area is 104 Å². The first-order valence-electron chi connectivity index (χ1n) is 6.93. The van der Waals surface area contributed by atoms with Crippen molar-refractivity contribution in [2.24, 2.45) is 5.92 Å². The summed E-state index contributed by atoms with van der Waals surface area (Å²) in [6.07, 6.45) is -0.179. The summed E-state index contributed by atoms with van der Waals surface area (Å²) in [6, 6.07) is 0. The third-order valence-electron chi connectivity index (χ3n) is 2.14. The lowest BCUT2D eigenvalue weighted by atomic mass is 10.1. The molecule has 0 aliphatic rings. The van der Waals surface area contributed by atoms with E-state index < -0.39 is 32.0 Å². The molecule has 0 aliphatic heterocycles. The van der Waals surface area contributed by atoms with Gasteiger partial charge in [0.15, 0.2) is 5.65 Å². The second-order valence-corrected chi connectivity index (χ2v) is 3.37. The van der Waals surface area contributed by atoms with E-state index in [0.29, 0.717) is 0 Å². The molecule has 7 nitrogen and oxygen atoms in total. The number of anilines is 1. The zero-order valence-corrected chi connectivity index (χ0v) is 8.91. The van der Waals surface area contributed by atoms with Gasteiger partial charge in [0.25, 0.3) is 0 Å². The van der Waals surface area contributed by atoms with Crippen molar-refractivity contribution in [2.75, 3.05) is 18.9 Å². The van der Waals surface area contributed by atoms with Gasteiger partial charge in [-0.25, -0.2) is 9.97 Å². The average molecular weight is 241 g/mol. The number of aromatic nitrogens is 4. The van der Waals surface area contributed by atoms with Gasteiger partial charge in [-0.05, 0) is 6.37 Å². The van der Waals surface area contributed by atoms with Crippen LogP contribution in [0.5, 0.6) is 0 Å². The molecule has 0 amide bonds. The van der Waals surface area contributed by atoms with Crippen LogP contribution in [-0.4, -0.2) is 42.9 Å². The van der Waals surface area contributed by atoms with Gasteiger partial charge in [0.2, 0.25) is 5.95 Å². The topological polar surface area (TPSA) is 110 Å². The molecule has 0 aliphatic carbocycles. The predicted octanol–water partition coefficient (Wildman–Crippen LogP) is -0.601. The monoisotopic (exact) mass is 241 g/mol. The van der Waals surface area contributed by atoms with Crippen molar-refractivity contribution in [3.05, 3.63) is 12.5 Å². The molecule has 0 atom stereocenters. The number of nitrogen functional groups attached to an aromatic ring is 1. The summed E-state index contributed by atoms with van der Waals surface area (Å²) < 4.78 is 32.9. The second kappa shape index (κ2) is 5.07. The van der Waals surface area contributed by atoms with Crippen LogP contribution in [0.2, 0.25) is 0 Å². The van der Waals surface area contributed by atoms with Gasteiger partial charge in [-0.3, -0.25) is 0 Å². The molecule has 0 saturated heterocycles. The first-order chi connectivity index (χ1) is 9.75. The highest BCUT2D eigenvalue weighted by Crippen LogP contribution is 2.12. The van der Waals surface area contributed by atoms with Crippen LogP contribution >= 0.6 is 0 Å². The zero-order valence-electron chi connectivity index (χ0n) is 12.9. The second-order valence-electron chi connectivity index (χ2n) is 3.37. The van der Waals surface area contributed by atoms with Crippen LogP contribution in [0.25, 0.3) is 11.2 Å². The van der Waals surface area contributed by atoms with Crippen LogP contribution in [0, 0.1) is 5.92 Å². The lowest BCUT2D eigenvalue weighted by Crippen LogP contribution is -2.14. The van der Waals surface area contributed by atoms with E-state index in [1.54, 1.807) is 0 Å². The quantitative estimate of drug-likeness (QED) is 0.644. The first kappa shape index (κ1) is 7.57. The summed E-state index contributed by atoms with van der Waals surface area (Å²) in [7, 11) is 0. The van der Waals surface area contributed by atoms with E-state index in [1.807, 2.05) is 0 Å². The van der Waals surface area contributed by atoms with Gasteiger partial charge in [-0.1, -0.05) is 0 Å². The predicted molar refractivity (Wildman–Crippen MR) is 62.0 cm³/mol. The van der Waals surface area contributed by atoms with Gasteiger partial charge in [0, 0.05) is 31.1 Å². The van der Waals surface area contributed by atoms with Crippen molar-refractivity contribution in [1.82, 2.24) is 19.5 Å². The number of hydrogen-bond acceptors (Lipinski definition) is 6. The molecule has 0 saturated carbocycles. The van der Waals surface area contributed by atoms with Crippen molar-refractivity contribution in [1.29, 1.82) is 0 Å². The van der Waals surface area contributed by atoms with Gasteiger partial charge < -0.3 is 20.5 Å². The van der Waals surface area contributed by atoms with E-state index in [0.717, 1.165) is 10.9 Å². The summed E-state index contributed by atoms with van der Waals surface area (Å²) in [5.74, 6) is -1.40. The highest BCUT2D eigenvalue weighted by Gasteiger charge is 2.09. The maximum absolute atomic E-state index is 9.14. The van der Waals surface area contributed by atoms with Crippen LogP contribution in [-0.2, 0) is 6.50 Å². The summed E-state index contributed by atoms with van der Waals surface area (Å²) in [4.78, 5) is 11.5. The molecule has 2 aromatic heterocycles. The highest BCUT2D eigenvalue weighted by molar-refractivity contribution is 5.70. The fraction of sp³-hybridized carbons (Fsp3) is 0.500. The molecular weight excluding hydrogens is 222 g/mol. The smallest absolute Gasteiger partial charge is 0.222 e. The molecule has 92 valence electrons. The zero-order chi connectivity index (χ0) is 15.8. The van der Waals surface area contributed by atoms with Crippen molar-refractivity contribution in [3.8, 4) is 0 Å². The van der Waals surface area contributed by atoms with Crippen molar-refractivity contribution >= 4 is 17.1 Å². The van der Waals surface area contributed by atoms with Crippen molar-refractivity contribution in [3.63, 3.8) is 0 Å². The largest absolute Gasteiger partial charge is 0.396 e. The number of hydrogen-bond donors (Lipinski definition) is 3. The normalized spacial score (nSPS) is 16.6. The molecule has 2 aromatic rings. The number of nitrogens with zero attached hydrogens (tertiary/aromatic N) is 4.